The SMILES string of the molecule is Cc1noc([C@@H](C)NC[C@H]2CN(C)CCO2)n1. The van der Waals surface area contributed by atoms with E-state index < -0.39 is 0 Å². The monoisotopic (exact) mass is 240 g/mol. The fourth-order valence-corrected chi connectivity index (χ4v) is 1.87. The third-order valence-electron chi connectivity index (χ3n) is 2.91. The van der Waals surface area contributed by atoms with Gasteiger partial charge in [0.2, 0.25) is 5.89 Å². The van der Waals surface area contributed by atoms with Gasteiger partial charge < -0.3 is 19.5 Å². The quantitative estimate of drug-likeness (QED) is 0.820. The van der Waals surface area contributed by atoms with Gasteiger partial charge in [0.05, 0.1) is 18.8 Å². The van der Waals surface area contributed by atoms with Crippen molar-refractivity contribution in [2.75, 3.05) is 33.3 Å². The first-order valence-electron chi connectivity index (χ1n) is 5.99. The molecule has 2 atom stereocenters. The van der Waals surface area contributed by atoms with E-state index in [1.807, 2.05) is 13.8 Å². The van der Waals surface area contributed by atoms with Gasteiger partial charge in [0.15, 0.2) is 5.82 Å². The molecule has 0 aliphatic carbocycles. The zero-order valence-electron chi connectivity index (χ0n) is 10.6. The number of nitrogens with zero attached hydrogens (tertiary/aromatic N) is 3. The van der Waals surface area contributed by atoms with Crippen molar-refractivity contribution in [3.05, 3.63) is 11.7 Å². The molecule has 0 radical (unpaired) electrons. The molecule has 0 aromatic carbocycles. The van der Waals surface area contributed by atoms with E-state index in [0.29, 0.717) is 11.7 Å². The Kier molecular flexibility index (Phi) is 4.09. The molecule has 1 aliphatic heterocycles. The van der Waals surface area contributed by atoms with Gasteiger partial charge in [0, 0.05) is 19.6 Å². The molecule has 1 aromatic rings. The number of aromatic nitrogens is 2. The lowest BCUT2D eigenvalue weighted by Gasteiger charge is -2.30. The maximum Gasteiger partial charge on any atom is 0.243 e. The number of hydrogen-bond acceptors (Lipinski definition) is 6. The Morgan fingerprint density at radius 2 is 2.41 bits per heavy atom. The summed E-state index contributed by atoms with van der Waals surface area (Å²) in [4.78, 5) is 6.47. The maximum atomic E-state index is 5.67. The molecule has 1 saturated heterocycles. The van der Waals surface area contributed by atoms with Gasteiger partial charge in [-0.05, 0) is 20.9 Å². The number of likely N-dealkylation sites (N-methyl/N-ethyl adjacent to an activating group) is 1. The normalized spacial score (nSPS) is 23.8. The average Bonchev–Trinajstić information content (AvgIpc) is 2.73. The van der Waals surface area contributed by atoms with Gasteiger partial charge in [-0.15, -0.1) is 0 Å². The van der Waals surface area contributed by atoms with Gasteiger partial charge in [-0.25, -0.2) is 0 Å². The van der Waals surface area contributed by atoms with Crippen LogP contribution < -0.4 is 5.32 Å². The molecule has 6 heteroatoms. The van der Waals surface area contributed by atoms with Crippen molar-refractivity contribution in [3.8, 4) is 0 Å². The Morgan fingerprint density at radius 3 is 3.06 bits per heavy atom. The van der Waals surface area contributed by atoms with Crippen LogP contribution in [0.5, 0.6) is 0 Å². The van der Waals surface area contributed by atoms with Crippen LogP contribution in [0.3, 0.4) is 0 Å². The van der Waals surface area contributed by atoms with Gasteiger partial charge >= 0.3 is 0 Å². The number of hydrogen-bond donors (Lipinski definition) is 1. The number of morpholine rings is 1. The van der Waals surface area contributed by atoms with Crippen LogP contribution in [0.15, 0.2) is 4.52 Å². The van der Waals surface area contributed by atoms with E-state index in [1.165, 1.54) is 0 Å². The fourth-order valence-electron chi connectivity index (χ4n) is 1.87. The summed E-state index contributed by atoms with van der Waals surface area (Å²) < 4.78 is 10.8. The molecule has 0 bridgehead atoms. The molecule has 2 heterocycles. The van der Waals surface area contributed by atoms with E-state index in [1.54, 1.807) is 0 Å². The van der Waals surface area contributed by atoms with Crippen molar-refractivity contribution < 1.29 is 9.26 Å². The molecular weight excluding hydrogens is 220 g/mol. The molecule has 0 unspecified atom stereocenters. The first kappa shape index (κ1) is 12.5. The van der Waals surface area contributed by atoms with Gasteiger partial charge in [-0.3, -0.25) is 0 Å². The van der Waals surface area contributed by atoms with E-state index in [-0.39, 0.29) is 12.1 Å². The smallest absolute Gasteiger partial charge is 0.243 e. The summed E-state index contributed by atoms with van der Waals surface area (Å²) in [5, 5.41) is 7.13. The molecule has 1 N–H and O–H groups in total. The molecule has 1 aromatic heterocycles. The van der Waals surface area contributed by atoms with Crippen LogP contribution in [0.25, 0.3) is 0 Å². The van der Waals surface area contributed by atoms with E-state index in [2.05, 4.69) is 27.4 Å². The van der Waals surface area contributed by atoms with Crippen LogP contribution in [0, 0.1) is 6.92 Å². The maximum absolute atomic E-state index is 5.67. The molecule has 0 amide bonds. The minimum atomic E-state index is 0.0621. The summed E-state index contributed by atoms with van der Waals surface area (Å²) in [7, 11) is 2.11. The third-order valence-corrected chi connectivity index (χ3v) is 2.91. The van der Waals surface area contributed by atoms with Crippen LogP contribution in [0.4, 0.5) is 0 Å². The molecule has 1 fully saturated rings. The van der Waals surface area contributed by atoms with E-state index in [0.717, 1.165) is 26.2 Å². The predicted molar refractivity (Wildman–Crippen MR) is 62.7 cm³/mol. The Morgan fingerprint density at radius 1 is 1.59 bits per heavy atom. The lowest BCUT2D eigenvalue weighted by atomic mass is 10.2. The summed E-state index contributed by atoms with van der Waals surface area (Å²) in [6.45, 7) is 7.40. The van der Waals surface area contributed by atoms with Crippen molar-refractivity contribution in [1.82, 2.24) is 20.4 Å². The second-order valence-corrected chi connectivity index (χ2v) is 4.56. The van der Waals surface area contributed by atoms with Gasteiger partial charge in [0.1, 0.15) is 0 Å². The molecular formula is C11H20N4O2. The Bertz CT molecular complexity index is 355. The highest BCUT2D eigenvalue weighted by Crippen LogP contribution is 2.10. The molecule has 17 heavy (non-hydrogen) atoms. The minimum absolute atomic E-state index is 0.0621. The van der Waals surface area contributed by atoms with Crippen molar-refractivity contribution in [3.63, 3.8) is 0 Å². The fraction of sp³-hybridized carbons (Fsp3) is 0.818. The van der Waals surface area contributed by atoms with Gasteiger partial charge in [-0.2, -0.15) is 4.98 Å². The van der Waals surface area contributed by atoms with E-state index in [9.17, 15) is 0 Å². The molecule has 96 valence electrons. The summed E-state index contributed by atoms with van der Waals surface area (Å²) in [5.41, 5.74) is 0. The first-order valence-corrected chi connectivity index (χ1v) is 5.99. The summed E-state index contributed by atoms with van der Waals surface area (Å²) in [6.07, 6.45) is 0.236. The van der Waals surface area contributed by atoms with Gasteiger partial charge in [0.25, 0.3) is 0 Å². The Balaban J connectivity index is 1.77. The average molecular weight is 240 g/mol. The van der Waals surface area contributed by atoms with Crippen LogP contribution in [-0.2, 0) is 4.74 Å². The predicted octanol–water partition coefficient (Wildman–Crippen LogP) is 0.359. The Labute approximate surface area is 101 Å². The number of ether oxygens (including phenoxy) is 1. The topological polar surface area (TPSA) is 63.4 Å². The number of rotatable bonds is 4. The summed E-state index contributed by atoms with van der Waals surface area (Å²) >= 11 is 0. The van der Waals surface area contributed by atoms with Crippen LogP contribution in [0.2, 0.25) is 0 Å². The van der Waals surface area contributed by atoms with Gasteiger partial charge in [-0.1, -0.05) is 5.16 Å². The highest BCUT2D eigenvalue weighted by molar-refractivity contribution is 4.89. The van der Waals surface area contributed by atoms with E-state index >= 15 is 0 Å². The third kappa shape index (κ3) is 3.49. The molecule has 0 spiro atoms. The van der Waals surface area contributed by atoms with Crippen LogP contribution in [-0.4, -0.2) is 54.4 Å². The first-order chi connectivity index (χ1) is 8.15. The zero-order valence-corrected chi connectivity index (χ0v) is 10.6. The van der Waals surface area contributed by atoms with E-state index in [4.69, 9.17) is 9.26 Å². The Hall–Kier alpha value is -0.980. The lowest BCUT2D eigenvalue weighted by molar-refractivity contribution is -0.0194. The second kappa shape index (κ2) is 5.57. The van der Waals surface area contributed by atoms with Crippen LogP contribution in [0.1, 0.15) is 24.7 Å². The van der Waals surface area contributed by atoms with Crippen molar-refractivity contribution in [1.29, 1.82) is 0 Å². The van der Waals surface area contributed by atoms with Crippen molar-refractivity contribution in [2.45, 2.75) is 26.0 Å². The number of aryl methyl sites for hydroxylation is 1. The molecule has 6 nitrogen and oxygen atoms in total. The highest BCUT2D eigenvalue weighted by atomic mass is 16.5. The molecule has 0 saturated carbocycles. The lowest BCUT2D eigenvalue weighted by Crippen LogP contribution is -2.45. The van der Waals surface area contributed by atoms with Crippen molar-refractivity contribution in [2.24, 2.45) is 0 Å². The summed E-state index contributed by atoms with van der Waals surface area (Å²) in [5.74, 6) is 1.30. The largest absolute Gasteiger partial charge is 0.374 e. The highest BCUT2D eigenvalue weighted by Gasteiger charge is 2.19. The second-order valence-electron chi connectivity index (χ2n) is 4.56. The molecule has 2 rings (SSSR count). The standard InChI is InChI=1S/C11H20N4O2/c1-8(11-13-9(2)14-17-11)12-6-10-7-15(3)4-5-16-10/h8,10,12H,4-7H2,1-3H3/t8-,10+/m1/s1. The number of nitrogens with one attached hydrogen (secondary N) is 1. The molecule has 1 aliphatic rings. The van der Waals surface area contributed by atoms with Crippen molar-refractivity contribution >= 4 is 0 Å². The minimum Gasteiger partial charge on any atom is -0.374 e. The summed E-state index contributed by atoms with van der Waals surface area (Å²) in [6, 6.07) is 0.0621. The van der Waals surface area contributed by atoms with Crippen LogP contribution >= 0.6 is 0 Å². The zero-order chi connectivity index (χ0) is 12.3.